The van der Waals surface area contributed by atoms with Gasteiger partial charge in [-0.1, -0.05) is 67.2 Å². The van der Waals surface area contributed by atoms with E-state index >= 15 is 0 Å². The van der Waals surface area contributed by atoms with Crippen molar-refractivity contribution < 1.29 is 26.3 Å². The highest BCUT2D eigenvalue weighted by molar-refractivity contribution is 5.37. The number of halogens is 6. The van der Waals surface area contributed by atoms with E-state index in [1.807, 2.05) is 60.7 Å². The maximum atomic E-state index is 13.2. The molecule has 0 aliphatic carbocycles. The van der Waals surface area contributed by atoms with E-state index in [1.165, 1.54) is 0 Å². The summed E-state index contributed by atoms with van der Waals surface area (Å²) in [5, 5.41) is 3.16. The van der Waals surface area contributed by atoms with Crippen LogP contribution in [0.3, 0.4) is 0 Å². The number of allylic oxidation sites excluding steroid dienone is 1. The first-order valence-corrected chi connectivity index (χ1v) is 10.3. The van der Waals surface area contributed by atoms with Crippen LogP contribution in [0.5, 0.6) is 0 Å². The highest BCUT2D eigenvalue weighted by atomic mass is 19.4. The maximum Gasteiger partial charge on any atom is 0.416 e. The van der Waals surface area contributed by atoms with E-state index in [0.29, 0.717) is 12.1 Å². The molecular formula is C26H22F6N2. The molecule has 0 bridgehead atoms. The minimum atomic E-state index is -4.91. The third kappa shape index (κ3) is 6.27. The van der Waals surface area contributed by atoms with E-state index in [4.69, 9.17) is 0 Å². The molecule has 0 fully saturated rings. The van der Waals surface area contributed by atoms with Crippen molar-refractivity contribution in [1.29, 1.82) is 0 Å². The van der Waals surface area contributed by atoms with E-state index in [-0.39, 0.29) is 23.7 Å². The van der Waals surface area contributed by atoms with Gasteiger partial charge in [-0.3, -0.25) is 4.99 Å². The lowest BCUT2D eigenvalue weighted by Gasteiger charge is -2.28. The van der Waals surface area contributed by atoms with Gasteiger partial charge in [-0.25, -0.2) is 0 Å². The van der Waals surface area contributed by atoms with Gasteiger partial charge in [0.1, 0.15) is 0 Å². The monoisotopic (exact) mass is 476 g/mol. The molecule has 0 aliphatic rings. The second-order valence-corrected chi connectivity index (χ2v) is 7.77. The number of nitrogens with zero attached hydrogens (tertiary/aromatic N) is 1. The molecule has 3 aromatic rings. The maximum absolute atomic E-state index is 13.2. The van der Waals surface area contributed by atoms with Gasteiger partial charge in [0.15, 0.2) is 0 Å². The normalized spacial score (nSPS) is 13.7. The SMILES string of the molecule is C=N[C@@H](c1ccccc1)[C@H](NC(=C)Cc1cc(C(F)(F)F)cc(C(F)(F)F)c1)c1ccccc1. The number of alkyl halides is 6. The Morgan fingerprint density at radius 2 is 1.24 bits per heavy atom. The summed E-state index contributed by atoms with van der Waals surface area (Å²) in [6, 6.07) is 19.0. The van der Waals surface area contributed by atoms with Crippen molar-refractivity contribution in [3.63, 3.8) is 0 Å². The lowest BCUT2D eigenvalue weighted by Crippen LogP contribution is -2.26. The van der Waals surface area contributed by atoms with Crippen molar-refractivity contribution in [2.24, 2.45) is 4.99 Å². The molecule has 0 amide bonds. The number of nitrogens with one attached hydrogen (secondary N) is 1. The Balaban J connectivity index is 1.93. The summed E-state index contributed by atoms with van der Waals surface area (Å²) in [4.78, 5) is 4.24. The van der Waals surface area contributed by atoms with Crippen molar-refractivity contribution in [2.75, 3.05) is 0 Å². The van der Waals surface area contributed by atoms with Crippen molar-refractivity contribution in [3.05, 3.63) is 119 Å². The van der Waals surface area contributed by atoms with E-state index in [0.717, 1.165) is 11.1 Å². The Morgan fingerprint density at radius 1 is 0.765 bits per heavy atom. The van der Waals surface area contributed by atoms with E-state index in [1.54, 1.807) is 0 Å². The molecule has 34 heavy (non-hydrogen) atoms. The van der Waals surface area contributed by atoms with Gasteiger partial charge in [-0.05, 0) is 41.6 Å². The fourth-order valence-electron chi connectivity index (χ4n) is 3.70. The minimum absolute atomic E-state index is 0.111. The molecule has 0 aromatic heterocycles. The zero-order chi connectivity index (χ0) is 24.9. The zero-order valence-electron chi connectivity index (χ0n) is 18.0. The van der Waals surface area contributed by atoms with Crippen molar-refractivity contribution >= 4 is 6.72 Å². The quantitative estimate of drug-likeness (QED) is 0.263. The first-order chi connectivity index (χ1) is 16.0. The summed E-state index contributed by atoms with van der Waals surface area (Å²) in [5.74, 6) is 0. The first-order valence-electron chi connectivity index (χ1n) is 10.3. The highest BCUT2D eigenvalue weighted by Crippen LogP contribution is 2.37. The van der Waals surface area contributed by atoms with Crippen molar-refractivity contribution in [3.8, 4) is 0 Å². The number of benzene rings is 3. The van der Waals surface area contributed by atoms with Crippen LogP contribution in [0.2, 0.25) is 0 Å². The molecule has 2 atom stereocenters. The molecule has 0 saturated heterocycles. The Hall–Kier alpha value is -3.55. The van der Waals surface area contributed by atoms with Crippen molar-refractivity contribution in [1.82, 2.24) is 5.32 Å². The molecule has 8 heteroatoms. The van der Waals surface area contributed by atoms with Gasteiger partial charge in [-0.15, -0.1) is 0 Å². The smallest absolute Gasteiger partial charge is 0.379 e. The van der Waals surface area contributed by atoms with E-state index < -0.39 is 35.6 Å². The summed E-state index contributed by atoms with van der Waals surface area (Å²) in [5.41, 5.74) is -0.991. The van der Waals surface area contributed by atoms with E-state index in [2.05, 4.69) is 23.6 Å². The molecule has 0 saturated carbocycles. The fraction of sp³-hybridized carbons (Fsp3) is 0.192. The second kappa shape index (κ2) is 10.2. The molecule has 3 rings (SSSR count). The molecule has 178 valence electrons. The Morgan fingerprint density at radius 3 is 1.68 bits per heavy atom. The van der Waals surface area contributed by atoms with Crippen LogP contribution in [0.15, 0.2) is 96.1 Å². The Bertz CT molecular complexity index is 1090. The lowest BCUT2D eigenvalue weighted by molar-refractivity contribution is -0.143. The predicted octanol–water partition coefficient (Wildman–Crippen LogP) is 7.55. The van der Waals surface area contributed by atoms with Gasteiger partial charge in [0, 0.05) is 12.1 Å². The molecule has 0 radical (unpaired) electrons. The van der Waals surface area contributed by atoms with Crippen LogP contribution in [0, 0.1) is 0 Å². The van der Waals surface area contributed by atoms with Crippen LogP contribution in [-0.4, -0.2) is 6.72 Å². The standard InChI is InChI=1S/C26H22F6N2/c1-17(13-18-14-21(25(27,28)29)16-22(15-18)26(30,31)32)34-24(20-11-7-4-8-12-20)23(33-2)19-9-5-3-6-10-19/h3-12,14-16,23-24,34H,1-2,13H2/t23-,24+/m0/s1. The average molecular weight is 476 g/mol. The molecular weight excluding hydrogens is 454 g/mol. The number of rotatable bonds is 8. The molecule has 2 nitrogen and oxygen atoms in total. The van der Waals surface area contributed by atoms with Crippen LogP contribution in [0.25, 0.3) is 0 Å². The van der Waals surface area contributed by atoms with E-state index in [9.17, 15) is 26.3 Å². The van der Waals surface area contributed by atoms with Crippen LogP contribution in [0.1, 0.15) is 39.9 Å². The summed E-state index contributed by atoms with van der Waals surface area (Å²) in [7, 11) is 0. The van der Waals surface area contributed by atoms with Gasteiger partial charge in [0.2, 0.25) is 0 Å². The number of aliphatic imine (C=N–C) groups is 1. The Labute approximate surface area is 193 Å². The molecule has 1 N–H and O–H groups in total. The molecule has 0 heterocycles. The van der Waals surface area contributed by atoms with Crippen LogP contribution >= 0.6 is 0 Å². The van der Waals surface area contributed by atoms with Gasteiger partial charge >= 0.3 is 12.4 Å². The molecule has 0 aliphatic heterocycles. The number of hydrogen-bond acceptors (Lipinski definition) is 2. The van der Waals surface area contributed by atoms with Crippen LogP contribution < -0.4 is 5.32 Å². The summed E-state index contributed by atoms with van der Waals surface area (Å²) in [6.07, 6.45) is -10.1. The van der Waals surface area contributed by atoms with Gasteiger partial charge in [0.05, 0.1) is 23.2 Å². The van der Waals surface area contributed by atoms with Crippen LogP contribution in [-0.2, 0) is 18.8 Å². The fourth-order valence-corrected chi connectivity index (χ4v) is 3.70. The molecule has 0 spiro atoms. The summed E-state index contributed by atoms with van der Waals surface area (Å²) in [6.45, 7) is 7.56. The van der Waals surface area contributed by atoms with Gasteiger partial charge < -0.3 is 5.32 Å². The Kier molecular flexibility index (Phi) is 7.49. The zero-order valence-corrected chi connectivity index (χ0v) is 18.0. The average Bonchev–Trinajstić information content (AvgIpc) is 2.79. The predicted molar refractivity (Wildman–Crippen MR) is 120 cm³/mol. The lowest BCUT2D eigenvalue weighted by atomic mass is 9.93. The van der Waals surface area contributed by atoms with Crippen molar-refractivity contribution in [2.45, 2.75) is 30.9 Å². The molecule has 3 aromatic carbocycles. The highest BCUT2D eigenvalue weighted by Gasteiger charge is 2.37. The first kappa shape index (κ1) is 25.1. The second-order valence-electron chi connectivity index (χ2n) is 7.77. The third-order valence-corrected chi connectivity index (χ3v) is 5.24. The summed E-state index contributed by atoms with van der Waals surface area (Å²) >= 11 is 0. The minimum Gasteiger partial charge on any atom is -0.379 e. The summed E-state index contributed by atoms with van der Waals surface area (Å²) < 4.78 is 79.3. The van der Waals surface area contributed by atoms with Gasteiger partial charge in [-0.2, -0.15) is 26.3 Å². The topological polar surface area (TPSA) is 24.4 Å². The van der Waals surface area contributed by atoms with Gasteiger partial charge in [0.25, 0.3) is 0 Å². The molecule has 0 unspecified atom stereocenters. The third-order valence-electron chi connectivity index (χ3n) is 5.24. The largest absolute Gasteiger partial charge is 0.416 e. The number of hydrogen-bond donors (Lipinski definition) is 1. The van der Waals surface area contributed by atoms with Crippen LogP contribution in [0.4, 0.5) is 26.3 Å².